The lowest BCUT2D eigenvalue weighted by Crippen LogP contribution is -2.45. The Hall–Kier alpha value is -1.92. The minimum absolute atomic E-state index is 0.0166. The normalized spacial score (nSPS) is 12.8. The third-order valence-electron chi connectivity index (χ3n) is 13.7. The number of ether oxygens (including phenoxy) is 1. The van der Waals surface area contributed by atoms with Gasteiger partial charge in [-0.2, -0.15) is 0 Å². The van der Waals surface area contributed by atoms with E-state index in [1.54, 1.807) is 6.08 Å². The molecule has 0 fully saturated rings. The first-order valence-corrected chi connectivity index (χ1v) is 29.8. The van der Waals surface area contributed by atoms with Crippen LogP contribution in [0.4, 0.5) is 0 Å². The zero-order valence-corrected chi connectivity index (χ0v) is 44.9. The summed E-state index contributed by atoms with van der Waals surface area (Å²) < 4.78 is 5.45. The maximum Gasteiger partial charge on any atom is 0.305 e. The quantitative estimate of drug-likeness (QED) is 0.0321. The van der Waals surface area contributed by atoms with E-state index in [-0.39, 0.29) is 18.5 Å². The molecule has 6 nitrogen and oxygen atoms in total. The van der Waals surface area contributed by atoms with Crippen molar-refractivity contribution >= 4 is 11.9 Å². The molecule has 0 radical (unpaired) electrons. The molecule has 0 saturated heterocycles. The van der Waals surface area contributed by atoms with Crippen molar-refractivity contribution in [3.63, 3.8) is 0 Å². The number of nitrogens with one attached hydrogen (secondary N) is 1. The van der Waals surface area contributed by atoms with Crippen LogP contribution < -0.4 is 5.32 Å². The topological polar surface area (TPSA) is 95.9 Å². The Bertz CT molecular complexity index is 1090. The fourth-order valence-electron chi connectivity index (χ4n) is 9.10. The van der Waals surface area contributed by atoms with E-state index < -0.39 is 12.1 Å². The third kappa shape index (κ3) is 53.3. The molecule has 0 saturated carbocycles. The van der Waals surface area contributed by atoms with E-state index in [1.807, 2.05) is 12.2 Å². The van der Waals surface area contributed by atoms with Crippen molar-refractivity contribution in [2.24, 2.45) is 0 Å². The van der Waals surface area contributed by atoms with Gasteiger partial charge in [-0.3, -0.25) is 9.59 Å². The summed E-state index contributed by atoms with van der Waals surface area (Å²) in [6.45, 7) is 4.86. The summed E-state index contributed by atoms with van der Waals surface area (Å²) in [5.74, 6) is -0.162. The Morgan fingerprint density at radius 2 is 0.761 bits per heavy atom. The van der Waals surface area contributed by atoms with Crippen LogP contribution in [-0.4, -0.2) is 47.4 Å². The number of aliphatic hydroxyl groups is 2. The van der Waals surface area contributed by atoms with Gasteiger partial charge in [0, 0.05) is 12.8 Å². The lowest BCUT2D eigenvalue weighted by atomic mass is 10.0. The van der Waals surface area contributed by atoms with Crippen LogP contribution in [0.2, 0.25) is 0 Å². The standard InChI is InChI=1S/C61H115NO5/c1-3-5-7-9-11-13-15-17-18-19-20-21-22-23-24-25-26-27-30-33-37-41-45-49-53-59(64)58(57-63)62-60(65)54-50-46-42-38-34-31-28-32-36-40-44-48-52-56-67-61(66)55-51-47-43-39-35-29-16-14-12-10-8-6-4-2/h31,34,42,46,49,53,58-59,63-64H,3-30,32-33,35-41,43-45,47-48,50-52,54-57H2,1-2H3,(H,62,65)/b34-31-,46-42-,53-49+. The van der Waals surface area contributed by atoms with Gasteiger partial charge in [0.2, 0.25) is 5.91 Å². The summed E-state index contributed by atoms with van der Waals surface area (Å²) in [7, 11) is 0. The summed E-state index contributed by atoms with van der Waals surface area (Å²) in [5, 5.41) is 23.1. The summed E-state index contributed by atoms with van der Waals surface area (Å²) >= 11 is 0. The Morgan fingerprint density at radius 3 is 1.16 bits per heavy atom. The molecule has 67 heavy (non-hydrogen) atoms. The second-order valence-electron chi connectivity index (χ2n) is 20.3. The lowest BCUT2D eigenvalue weighted by molar-refractivity contribution is -0.143. The molecule has 0 aliphatic rings. The smallest absolute Gasteiger partial charge is 0.305 e. The number of hydrogen-bond donors (Lipinski definition) is 3. The number of rotatable bonds is 55. The van der Waals surface area contributed by atoms with Crippen LogP contribution in [0.15, 0.2) is 36.5 Å². The van der Waals surface area contributed by atoms with Crippen LogP contribution in [0.25, 0.3) is 0 Å². The molecule has 2 atom stereocenters. The molecule has 0 aliphatic carbocycles. The number of allylic oxidation sites excluding steroid dienone is 5. The van der Waals surface area contributed by atoms with E-state index in [0.717, 1.165) is 51.4 Å². The molecule has 0 bridgehead atoms. The number of amides is 1. The van der Waals surface area contributed by atoms with Gasteiger partial charge in [0.05, 0.1) is 25.4 Å². The summed E-state index contributed by atoms with van der Waals surface area (Å²) in [4.78, 5) is 24.5. The Morgan fingerprint density at radius 1 is 0.418 bits per heavy atom. The maximum atomic E-state index is 12.4. The second kappa shape index (κ2) is 56.7. The van der Waals surface area contributed by atoms with Crippen LogP contribution in [0, 0.1) is 0 Å². The van der Waals surface area contributed by atoms with E-state index >= 15 is 0 Å². The zero-order valence-electron chi connectivity index (χ0n) is 44.9. The Balaban J connectivity index is 3.56. The van der Waals surface area contributed by atoms with E-state index in [0.29, 0.717) is 25.9 Å². The molecule has 0 rings (SSSR count). The number of esters is 1. The van der Waals surface area contributed by atoms with Gasteiger partial charge < -0.3 is 20.3 Å². The predicted octanol–water partition coefficient (Wildman–Crippen LogP) is 18.4. The van der Waals surface area contributed by atoms with Gasteiger partial charge in [-0.05, 0) is 51.4 Å². The molecule has 6 heteroatoms. The fourth-order valence-corrected chi connectivity index (χ4v) is 9.10. The van der Waals surface area contributed by atoms with Gasteiger partial charge in [-0.1, -0.05) is 288 Å². The molecule has 0 spiro atoms. The summed E-state index contributed by atoms with van der Waals surface area (Å²) in [6, 6.07) is -0.673. The van der Waals surface area contributed by atoms with E-state index in [2.05, 4.69) is 37.4 Å². The first-order valence-electron chi connectivity index (χ1n) is 29.8. The SMILES string of the molecule is CCCCCCCCCCCCCCCCCCCCCCCC/C=C/C(O)C(CO)NC(=O)CC/C=C\C/C=C\CCCCCCCCOC(=O)CCCCCCCCCCCCCCC. The highest BCUT2D eigenvalue weighted by Gasteiger charge is 2.17. The summed E-state index contributed by atoms with van der Waals surface area (Å²) in [6.07, 6.45) is 70.4. The average Bonchev–Trinajstić information content (AvgIpc) is 3.33. The van der Waals surface area contributed by atoms with Crippen molar-refractivity contribution in [1.29, 1.82) is 0 Å². The molecular formula is C61H115NO5. The first kappa shape index (κ1) is 65.1. The Kier molecular flexibility index (Phi) is 55.0. The van der Waals surface area contributed by atoms with Crippen LogP contribution >= 0.6 is 0 Å². The van der Waals surface area contributed by atoms with Gasteiger partial charge in [0.1, 0.15) is 0 Å². The molecule has 3 N–H and O–H groups in total. The van der Waals surface area contributed by atoms with Crippen molar-refractivity contribution < 1.29 is 24.5 Å². The Labute approximate surface area is 417 Å². The molecular weight excluding hydrogens is 827 g/mol. The monoisotopic (exact) mass is 942 g/mol. The molecule has 0 aromatic carbocycles. The highest BCUT2D eigenvalue weighted by Crippen LogP contribution is 2.17. The van der Waals surface area contributed by atoms with Crippen LogP contribution in [0.1, 0.15) is 316 Å². The molecule has 0 aliphatic heterocycles. The van der Waals surface area contributed by atoms with Gasteiger partial charge >= 0.3 is 5.97 Å². The fraction of sp³-hybridized carbons (Fsp3) is 0.869. The molecule has 394 valence electrons. The van der Waals surface area contributed by atoms with E-state index in [9.17, 15) is 19.8 Å². The van der Waals surface area contributed by atoms with E-state index in [4.69, 9.17) is 4.74 Å². The average molecular weight is 943 g/mol. The third-order valence-corrected chi connectivity index (χ3v) is 13.7. The minimum atomic E-state index is -0.880. The van der Waals surface area contributed by atoms with Gasteiger partial charge in [0.25, 0.3) is 0 Å². The first-order chi connectivity index (χ1) is 33.0. The van der Waals surface area contributed by atoms with Crippen molar-refractivity contribution in [3.05, 3.63) is 36.5 Å². The maximum absolute atomic E-state index is 12.4. The molecule has 0 aromatic rings. The molecule has 1 amide bonds. The van der Waals surface area contributed by atoms with Crippen molar-refractivity contribution in [1.82, 2.24) is 5.32 Å². The zero-order chi connectivity index (χ0) is 48.6. The number of unbranched alkanes of at least 4 members (excludes halogenated alkanes) is 40. The van der Waals surface area contributed by atoms with Crippen molar-refractivity contribution in [2.75, 3.05) is 13.2 Å². The highest BCUT2D eigenvalue weighted by atomic mass is 16.5. The number of carbonyl (C=O) groups is 2. The predicted molar refractivity (Wildman–Crippen MR) is 292 cm³/mol. The lowest BCUT2D eigenvalue weighted by Gasteiger charge is -2.19. The van der Waals surface area contributed by atoms with Crippen molar-refractivity contribution in [2.45, 2.75) is 328 Å². The van der Waals surface area contributed by atoms with Crippen LogP contribution in [0.3, 0.4) is 0 Å². The van der Waals surface area contributed by atoms with Gasteiger partial charge in [-0.25, -0.2) is 0 Å². The second-order valence-corrected chi connectivity index (χ2v) is 20.3. The van der Waals surface area contributed by atoms with Gasteiger partial charge in [0.15, 0.2) is 0 Å². The van der Waals surface area contributed by atoms with Gasteiger partial charge in [-0.15, -0.1) is 0 Å². The summed E-state index contributed by atoms with van der Waals surface area (Å²) in [5.41, 5.74) is 0. The van der Waals surface area contributed by atoms with Crippen LogP contribution in [-0.2, 0) is 14.3 Å². The van der Waals surface area contributed by atoms with Crippen molar-refractivity contribution in [3.8, 4) is 0 Å². The molecule has 2 unspecified atom stereocenters. The van der Waals surface area contributed by atoms with E-state index in [1.165, 1.54) is 231 Å². The largest absolute Gasteiger partial charge is 0.466 e. The molecule has 0 aromatic heterocycles. The van der Waals surface area contributed by atoms with Crippen LogP contribution in [0.5, 0.6) is 0 Å². The number of carbonyl (C=O) groups excluding carboxylic acids is 2. The molecule has 0 heterocycles. The number of hydrogen-bond acceptors (Lipinski definition) is 5. The minimum Gasteiger partial charge on any atom is -0.466 e. The highest BCUT2D eigenvalue weighted by molar-refractivity contribution is 5.76. The number of aliphatic hydroxyl groups excluding tert-OH is 2.